The molecule has 42 heavy (non-hydrogen) atoms. The standard InChI is InChI=1S/C30H26FN9O2/c31-21-12-18(29(41)37-24-3-1-2-8-34-24)6-7-20(21)26-25-27(33)35-15-36-28(25)40(38-26)23-11-17-10-22(23)39(14-17)30(42)19(13-32)9-16-4-5-16/h1-3,6-9,12,15-17,22-23H,4-5,10-11,14H2,(H2,33,35,36)(H,34,37,41)/b19-9-/t17-,22-,23+/m1/s1. The summed E-state index contributed by atoms with van der Waals surface area (Å²) in [6.07, 6.45) is 8.23. The highest BCUT2D eigenvalue weighted by Crippen LogP contribution is 2.47. The van der Waals surface area contributed by atoms with Crippen molar-refractivity contribution >= 4 is 34.5 Å². The van der Waals surface area contributed by atoms with Crippen LogP contribution < -0.4 is 11.1 Å². The van der Waals surface area contributed by atoms with Crippen LogP contribution in [0, 0.1) is 29.0 Å². The van der Waals surface area contributed by atoms with Gasteiger partial charge in [0.05, 0.1) is 17.5 Å². The number of carbonyl (C=O) groups is 2. The molecule has 3 aliphatic rings. The molecule has 4 heterocycles. The number of nitrogens with two attached hydrogens (primary N) is 1. The van der Waals surface area contributed by atoms with Crippen LogP contribution in [0.1, 0.15) is 42.1 Å². The third-order valence-electron chi connectivity index (χ3n) is 8.31. The Morgan fingerprint density at radius 3 is 2.67 bits per heavy atom. The third-order valence-corrected chi connectivity index (χ3v) is 8.31. The number of likely N-dealkylation sites (tertiary alicyclic amines) is 1. The molecule has 2 amide bonds. The highest BCUT2D eigenvalue weighted by molar-refractivity contribution is 6.04. The molecule has 210 valence electrons. The minimum absolute atomic E-state index is 0.115. The predicted molar refractivity (Wildman–Crippen MR) is 151 cm³/mol. The van der Waals surface area contributed by atoms with E-state index in [9.17, 15) is 14.9 Å². The molecule has 1 aliphatic heterocycles. The molecular weight excluding hydrogens is 537 g/mol. The van der Waals surface area contributed by atoms with E-state index in [4.69, 9.17) is 10.8 Å². The summed E-state index contributed by atoms with van der Waals surface area (Å²) < 4.78 is 17.3. The zero-order valence-electron chi connectivity index (χ0n) is 22.4. The summed E-state index contributed by atoms with van der Waals surface area (Å²) in [4.78, 5) is 40.5. The fraction of sp³-hybridized carbons (Fsp3) is 0.300. The number of carbonyl (C=O) groups excluding carboxylic acids is 2. The summed E-state index contributed by atoms with van der Waals surface area (Å²) >= 11 is 0. The second-order valence-electron chi connectivity index (χ2n) is 11.1. The van der Waals surface area contributed by atoms with E-state index in [1.165, 1.54) is 18.5 Å². The summed E-state index contributed by atoms with van der Waals surface area (Å²) in [6, 6.07) is 10.9. The molecule has 2 saturated carbocycles. The predicted octanol–water partition coefficient (Wildman–Crippen LogP) is 3.88. The number of piperidine rings is 1. The maximum Gasteiger partial charge on any atom is 0.264 e. The first kappa shape index (κ1) is 25.8. The molecule has 0 radical (unpaired) electrons. The van der Waals surface area contributed by atoms with E-state index in [0.717, 1.165) is 31.7 Å². The van der Waals surface area contributed by atoms with E-state index >= 15 is 4.39 Å². The summed E-state index contributed by atoms with van der Waals surface area (Å²) in [5.41, 5.74) is 7.42. The summed E-state index contributed by atoms with van der Waals surface area (Å²) in [5.74, 6) is -0.362. The molecule has 2 aliphatic carbocycles. The number of benzene rings is 1. The first-order valence-corrected chi connectivity index (χ1v) is 13.8. The Bertz CT molecular complexity index is 1810. The van der Waals surface area contributed by atoms with Gasteiger partial charge in [0.2, 0.25) is 0 Å². The van der Waals surface area contributed by atoms with E-state index in [1.807, 2.05) is 0 Å². The Kier molecular flexibility index (Phi) is 6.15. The monoisotopic (exact) mass is 563 g/mol. The maximum absolute atomic E-state index is 15.6. The van der Waals surface area contributed by atoms with Gasteiger partial charge < -0.3 is 16.0 Å². The number of nitriles is 1. The molecular formula is C30H26FN9O2. The number of pyridine rings is 1. The van der Waals surface area contributed by atoms with Crippen molar-refractivity contribution in [3.63, 3.8) is 0 Å². The number of hydrogen-bond donors (Lipinski definition) is 2. The lowest BCUT2D eigenvalue weighted by Gasteiger charge is -2.33. The molecule has 0 spiro atoms. The Morgan fingerprint density at radius 2 is 1.95 bits per heavy atom. The Morgan fingerprint density at radius 1 is 1.12 bits per heavy atom. The second kappa shape index (κ2) is 10.0. The van der Waals surface area contributed by atoms with Crippen molar-refractivity contribution in [1.82, 2.24) is 29.6 Å². The van der Waals surface area contributed by atoms with E-state index in [1.54, 1.807) is 40.1 Å². The number of anilines is 2. The molecule has 4 aromatic rings. The Labute approximate surface area is 239 Å². The average Bonchev–Trinajstić information content (AvgIpc) is 3.40. The van der Waals surface area contributed by atoms with Gasteiger partial charge in [-0.2, -0.15) is 10.4 Å². The molecule has 3 aromatic heterocycles. The average molecular weight is 564 g/mol. The van der Waals surface area contributed by atoms with Crippen LogP contribution in [-0.4, -0.2) is 54.0 Å². The molecule has 1 saturated heterocycles. The molecule has 7 rings (SSSR count). The van der Waals surface area contributed by atoms with Crippen molar-refractivity contribution in [2.45, 2.75) is 37.8 Å². The quantitative estimate of drug-likeness (QED) is 0.264. The first-order chi connectivity index (χ1) is 20.4. The topological polar surface area (TPSA) is 156 Å². The number of aromatic nitrogens is 5. The van der Waals surface area contributed by atoms with Gasteiger partial charge in [0, 0.05) is 23.9 Å². The molecule has 11 nitrogen and oxygen atoms in total. The molecule has 0 unspecified atom stereocenters. The number of nitrogen functional groups attached to an aromatic ring is 1. The van der Waals surface area contributed by atoms with Crippen LogP contribution in [0.2, 0.25) is 0 Å². The van der Waals surface area contributed by atoms with E-state index < -0.39 is 11.7 Å². The number of nitrogens with one attached hydrogen (secondary N) is 1. The minimum atomic E-state index is -0.660. The van der Waals surface area contributed by atoms with Gasteiger partial charge in [0.15, 0.2) is 5.65 Å². The molecule has 12 heteroatoms. The molecule has 2 bridgehead atoms. The smallest absolute Gasteiger partial charge is 0.264 e. The summed E-state index contributed by atoms with van der Waals surface area (Å²) in [5, 5.41) is 17.5. The van der Waals surface area contributed by atoms with Crippen LogP contribution in [0.4, 0.5) is 16.0 Å². The highest BCUT2D eigenvalue weighted by Gasteiger charge is 2.49. The Hall–Kier alpha value is -5.18. The second-order valence-corrected chi connectivity index (χ2v) is 11.1. The zero-order chi connectivity index (χ0) is 29.0. The number of amides is 2. The van der Waals surface area contributed by atoms with Gasteiger partial charge in [-0.3, -0.25) is 9.59 Å². The van der Waals surface area contributed by atoms with Gasteiger partial charge in [0.25, 0.3) is 11.8 Å². The van der Waals surface area contributed by atoms with Crippen LogP contribution in [-0.2, 0) is 4.79 Å². The lowest BCUT2D eigenvalue weighted by Crippen LogP contribution is -2.43. The summed E-state index contributed by atoms with van der Waals surface area (Å²) in [7, 11) is 0. The van der Waals surface area contributed by atoms with Crippen LogP contribution in [0.25, 0.3) is 22.3 Å². The van der Waals surface area contributed by atoms with Crippen molar-refractivity contribution in [3.8, 4) is 17.3 Å². The van der Waals surface area contributed by atoms with Crippen molar-refractivity contribution in [3.05, 3.63) is 72.0 Å². The van der Waals surface area contributed by atoms with Crippen LogP contribution in [0.5, 0.6) is 0 Å². The van der Waals surface area contributed by atoms with Gasteiger partial charge in [-0.05, 0) is 67.9 Å². The summed E-state index contributed by atoms with van der Waals surface area (Å²) in [6.45, 7) is 0.587. The fourth-order valence-electron chi connectivity index (χ4n) is 6.19. The normalized spacial score (nSPS) is 21.5. The van der Waals surface area contributed by atoms with Crippen LogP contribution in [0.3, 0.4) is 0 Å². The lowest BCUT2D eigenvalue weighted by molar-refractivity contribution is -0.129. The number of nitrogens with zero attached hydrogens (tertiary/aromatic N) is 7. The third kappa shape index (κ3) is 4.43. The minimum Gasteiger partial charge on any atom is -0.383 e. The van der Waals surface area contributed by atoms with Gasteiger partial charge in [-0.1, -0.05) is 12.1 Å². The number of rotatable bonds is 6. The largest absolute Gasteiger partial charge is 0.383 e. The van der Waals surface area contributed by atoms with Gasteiger partial charge in [0.1, 0.15) is 41.1 Å². The first-order valence-electron chi connectivity index (χ1n) is 13.8. The van der Waals surface area contributed by atoms with Crippen LogP contribution >= 0.6 is 0 Å². The van der Waals surface area contributed by atoms with E-state index in [-0.39, 0.29) is 52.1 Å². The fourth-order valence-corrected chi connectivity index (χ4v) is 6.19. The zero-order valence-corrected chi connectivity index (χ0v) is 22.4. The van der Waals surface area contributed by atoms with Gasteiger partial charge in [-0.25, -0.2) is 24.0 Å². The molecule has 3 N–H and O–H groups in total. The maximum atomic E-state index is 15.6. The van der Waals surface area contributed by atoms with Gasteiger partial charge >= 0.3 is 0 Å². The van der Waals surface area contributed by atoms with Gasteiger partial charge in [-0.15, -0.1) is 0 Å². The molecule has 1 aromatic carbocycles. The van der Waals surface area contributed by atoms with E-state index in [2.05, 4.69) is 26.3 Å². The van der Waals surface area contributed by atoms with Crippen molar-refractivity contribution in [2.24, 2.45) is 11.8 Å². The molecule has 3 atom stereocenters. The SMILES string of the molecule is N#C/C(=C/C1CC1)C(=O)N1C[C@@H]2C[C@@H]1[C@@H](n1nc(-c3ccc(C(=O)Nc4ccccn4)cc3F)c3c(N)ncnc31)C2. The van der Waals surface area contributed by atoms with E-state index in [0.29, 0.717) is 29.3 Å². The Balaban J connectivity index is 1.23. The molecule has 3 fully saturated rings. The van der Waals surface area contributed by atoms with Crippen molar-refractivity contribution in [2.75, 3.05) is 17.6 Å². The number of fused-ring (bicyclic) bond motifs is 3. The number of hydrogen-bond acceptors (Lipinski definition) is 8. The lowest BCUT2D eigenvalue weighted by atomic mass is 10.0. The number of allylic oxidation sites excluding steroid dienone is 1. The number of halogens is 1. The van der Waals surface area contributed by atoms with Crippen LogP contribution in [0.15, 0.2) is 60.6 Å². The van der Waals surface area contributed by atoms with Crippen molar-refractivity contribution < 1.29 is 14.0 Å². The highest BCUT2D eigenvalue weighted by atomic mass is 19.1. The van der Waals surface area contributed by atoms with Crippen molar-refractivity contribution in [1.29, 1.82) is 5.26 Å².